The zero-order chi connectivity index (χ0) is 27.2. The number of rotatable bonds is 2. The Bertz CT molecular complexity index is 1170. The van der Waals surface area contributed by atoms with Crippen LogP contribution in [0.1, 0.15) is 68.8 Å². The van der Waals surface area contributed by atoms with Gasteiger partial charge in [0.15, 0.2) is 11.6 Å². The highest BCUT2D eigenvalue weighted by Crippen LogP contribution is 2.57. The molecule has 4 heterocycles. The highest BCUT2D eigenvalue weighted by molar-refractivity contribution is 5.97. The third-order valence-corrected chi connectivity index (χ3v) is 9.04. The van der Waals surface area contributed by atoms with Gasteiger partial charge in [0.05, 0.1) is 6.07 Å². The number of carbonyl (C=O) groups is 4. The number of amides is 4. The number of hydrogen-bond donors (Lipinski definition) is 3. The second kappa shape index (κ2) is 10.0. The minimum absolute atomic E-state index is 0.0456. The summed E-state index contributed by atoms with van der Waals surface area (Å²) in [5.41, 5.74) is -0.0373. The van der Waals surface area contributed by atoms with E-state index in [1.807, 2.05) is 0 Å². The van der Waals surface area contributed by atoms with Crippen LogP contribution in [0.3, 0.4) is 0 Å². The summed E-state index contributed by atoms with van der Waals surface area (Å²) in [7, 11) is 0. The molecule has 0 aromatic carbocycles. The standard InChI is InChI=1S/C27H36N6O5/c1-14-30-20(13-38-14)24(35)32-19-7-5-4-6-15-11-29-23(34)18(15)8-17(10-28)31-25(36)22-21-16(9-27(21,2)3)12-33(22)26(19)37/h13,15-19,21-22H,4-9,11-12H2,1-3H3,(H,29,34)(H,31,36)(H,32,35)/t15-,16-,17-,18-,19-,21-,22-/m0/s1. The summed E-state index contributed by atoms with van der Waals surface area (Å²) in [4.78, 5) is 58.9. The number of nitrogens with zero attached hydrogens (tertiary/aromatic N) is 3. The number of nitrogens with one attached hydrogen (secondary N) is 3. The van der Waals surface area contributed by atoms with E-state index in [-0.39, 0.29) is 58.9 Å². The first-order valence-corrected chi connectivity index (χ1v) is 13.6. The van der Waals surface area contributed by atoms with Crippen LogP contribution < -0.4 is 16.0 Å². The van der Waals surface area contributed by atoms with Gasteiger partial charge in [-0.15, -0.1) is 0 Å². The molecule has 7 atom stereocenters. The van der Waals surface area contributed by atoms with Crippen LogP contribution in [0.4, 0.5) is 0 Å². The maximum atomic E-state index is 14.0. The summed E-state index contributed by atoms with van der Waals surface area (Å²) in [6.45, 7) is 6.81. The fourth-order valence-corrected chi connectivity index (χ4v) is 7.26. The molecule has 1 aromatic heterocycles. The molecule has 3 aliphatic heterocycles. The third-order valence-electron chi connectivity index (χ3n) is 9.04. The Hall–Kier alpha value is -3.42. The van der Waals surface area contributed by atoms with E-state index in [0.29, 0.717) is 31.8 Å². The van der Waals surface area contributed by atoms with Crippen LogP contribution in [0.15, 0.2) is 10.7 Å². The first-order chi connectivity index (χ1) is 18.1. The maximum Gasteiger partial charge on any atom is 0.273 e. The lowest BCUT2D eigenvalue weighted by molar-refractivity contribution is -0.142. The van der Waals surface area contributed by atoms with Crippen LogP contribution in [0.2, 0.25) is 0 Å². The van der Waals surface area contributed by atoms with Gasteiger partial charge in [0.2, 0.25) is 17.7 Å². The number of oxazole rings is 1. The first kappa shape index (κ1) is 26.2. The van der Waals surface area contributed by atoms with Gasteiger partial charge in [-0.2, -0.15) is 5.26 Å². The molecule has 4 fully saturated rings. The Morgan fingerprint density at radius 1 is 1.21 bits per heavy atom. The average molecular weight is 525 g/mol. The number of nitriles is 1. The van der Waals surface area contributed by atoms with Crippen molar-refractivity contribution < 1.29 is 23.6 Å². The van der Waals surface area contributed by atoms with Gasteiger partial charge in [-0.1, -0.05) is 26.7 Å². The normalized spacial score (nSPS) is 34.9. The molecule has 1 saturated carbocycles. The Kier molecular flexibility index (Phi) is 6.92. The molecule has 0 unspecified atom stereocenters. The van der Waals surface area contributed by atoms with Crippen LogP contribution in [0.5, 0.6) is 0 Å². The fourth-order valence-electron chi connectivity index (χ4n) is 7.26. The smallest absolute Gasteiger partial charge is 0.273 e. The highest BCUT2D eigenvalue weighted by atomic mass is 16.3. The van der Waals surface area contributed by atoms with E-state index >= 15 is 0 Å². The van der Waals surface area contributed by atoms with Crippen molar-refractivity contribution in [1.29, 1.82) is 5.26 Å². The van der Waals surface area contributed by atoms with Gasteiger partial charge in [0.1, 0.15) is 24.4 Å². The summed E-state index contributed by atoms with van der Waals surface area (Å²) >= 11 is 0. The average Bonchev–Trinajstić information content (AvgIpc) is 3.55. The Morgan fingerprint density at radius 2 is 1.97 bits per heavy atom. The van der Waals surface area contributed by atoms with Crippen LogP contribution in [0, 0.1) is 47.3 Å². The lowest BCUT2D eigenvalue weighted by Gasteiger charge is -2.49. The van der Waals surface area contributed by atoms with E-state index in [9.17, 15) is 24.4 Å². The van der Waals surface area contributed by atoms with Gasteiger partial charge in [-0.3, -0.25) is 19.2 Å². The summed E-state index contributed by atoms with van der Waals surface area (Å²) < 4.78 is 5.17. The molecular formula is C27H36N6O5. The topological polar surface area (TPSA) is 157 Å². The molecule has 38 heavy (non-hydrogen) atoms. The van der Waals surface area contributed by atoms with E-state index in [1.165, 1.54) is 6.26 Å². The van der Waals surface area contributed by atoms with Gasteiger partial charge in [0, 0.05) is 25.9 Å². The number of carbonyl (C=O) groups excluding carboxylic acids is 4. The van der Waals surface area contributed by atoms with Crippen molar-refractivity contribution in [3.63, 3.8) is 0 Å². The van der Waals surface area contributed by atoms with Gasteiger partial charge < -0.3 is 25.3 Å². The minimum Gasteiger partial charge on any atom is -0.448 e. The molecule has 1 aliphatic carbocycles. The number of aromatic nitrogens is 1. The monoisotopic (exact) mass is 524 g/mol. The van der Waals surface area contributed by atoms with Crippen molar-refractivity contribution in [2.24, 2.45) is 29.1 Å². The van der Waals surface area contributed by atoms with Crippen molar-refractivity contribution >= 4 is 23.6 Å². The molecule has 5 rings (SSSR count). The molecule has 0 spiro atoms. The SMILES string of the molecule is Cc1nc(C(=O)N[C@H]2CCCC[C@H]3CNC(=O)[C@H]3C[C@@H](C#N)NC(=O)[C@@H]3[C@@H]4[C@H](CN3C2=O)CC4(C)C)co1. The predicted molar refractivity (Wildman–Crippen MR) is 134 cm³/mol. The van der Waals surface area contributed by atoms with E-state index in [1.54, 1.807) is 11.8 Å². The molecule has 204 valence electrons. The predicted octanol–water partition coefficient (Wildman–Crippen LogP) is 1.29. The van der Waals surface area contributed by atoms with E-state index in [2.05, 4.69) is 40.9 Å². The first-order valence-electron chi connectivity index (χ1n) is 13.6. The van der Waals surface area contributed by atoms with Crippen LogP contribution in [-0.4, -0.2) is 64.7 Å². The van der Waals surface area contributed by atoms with E-state index < -0.39 is 24.0 Å². The lowest BCUT2D eigenvalue weighted by atomic mass is 9.55. The second-order valence-corrected chi connectivity index (χ2v) is 12.0. The maximum absolute atomic E-state index is 14.0. The molecule has 0 radical (unpaired) electrons. The zero-order valence-electron chi connectivity index (χ0n) is 22.2. The molecule has 3 N–H and O–H groups in total. The van der Waals surface area contributed by atoms with E-state index in [0.717, 1.165) is 19.3 Å². The number of hydrogen-bond acceptors (Lipinski definition) is 7. The largest absolute Gasteiger partial charge is 0.448 e. The zero-order valence-corrected chi connectivity index (χ0v) is 22.2. The Morgan fingerprint density at radius 3 is 2.66 bits per heavy atom. The van der Waals surface area contributed by atoms with Crippen LogP contribution >= 0.6 is 0 Å². The molecule has 11 heteroatoms. The quantitative estimate of drug-likeness (QED) is 0.526. The minimum atomic E-state index is -0.829. The van der Waals surface area contributed by atoms with Crippen LogP contribution in [0.25, 0.3) is 0 Å². The lowest BCUT2D eigenvalue weighted by Crippen LogP contribution is -2.58. The molecule has 4 amide bonds. The van der Waals surface area contributed by atoms with Gasteiger partial charge >= 0.3 is 0 Å². The van der Waals surface area contributed by atoms with Crippen molar-refractivity contribution in [3.8, 4) is 6.07 Å². The molecule has 11 nitrogen and oxygen atoms in total. The summed E-state index contributed by atoms with van der Waals surface area (Å²) in [6.07, 6.45) is 5.00. The highest BCUT2D eigenvalue weighted by Gasteiger charge is 2.61. The van der Waals surface area contributed by atoms with E-state index in [4.69, 9.17) is 4.42 Å². The van der Waals surface area contributed by atoms with Crippen molar-refractivity contribution in [3.05, 3.63) is 17.8 Å². The van der Waals surface area contributed by atoms with Gasteiger partial charge in [-0.05, 0) is 48.9 Å². The number of aryl methyl sites for hydroxylation is 1. The summed E-state index contributed by atoms with van der Waals surface area (Å²) in [5.74, 6) is -1.04. The third kappa shape index (κ3) is 4.76. The fraction of sp³-hybridized carbons (Fsp3) is 0.704. The summed E-state index contributed by atoms with van der Waals surface area (Å²) in [6, 6.07) is -0.225. The molecule has 1 aromatic rings. The van der Waals surface area contributed by atoms with Crippen molar-refractivity contribution in [2.45, 2.75) is 77.4 Å². The molecule has 4 aliphatic rings. The Balaban J connectivity index is 1.44. The van der Waals surface area contributed by atoms with Crippen molar-refractivity contribution in [2.75, 3.05) is 13.1 Å². The second-order valence-electron chi connectivity index (χ2n) is 12.0. The van der Waals surface area contributed by atoms with Gasteiger partial charge in [0.25, 0.3) is 5.91 Å². The van der Waals surface area contributed by atoms with Gasteiger partial charge in [-0.25, -0.2) is 4.98 Å². The van der Waals surface area contributed by atoms with Crippen LogP contribution in [-0.2, 0) is 14.4 Å². The Labute approximate surface area is 222 Å². The molecule has 3 saturated heterocycles. The molecule has 0 bridgehead atoms. The summed E-state index contributed by atoms with van der Waals surface area (Å²) in [5, 5.41) is 18.5. The molecular weight excluding hydrogens is 488 g/mol. The number of fused-ring (bicyclic) bond motifs is 4. The van der Waals surface area contributed by atoms with Crippen molar-refractivity contribution in [1.82, 2.24) is 25.8 Å².